The minimum atomic E-state index is -0.00646. The molecule has 0 spiro atoms. The Kier molecular flexibility index (Phi) is 6.37. The van der Waals surface area contributed by atoms with E-state index < -0.39 is 0 Å². The van der Waals surface area contributed by atoms with Crippen LogP contribution in [0.15, 0.2) is 29.4 Å². The summed E-state index contributed by atoms with van der Waals surface area (Å²) < 4.78 is 2.16. The highest BCUT2D eigenvalue weighted by molar-refractivity contribution is 7.99. The first-order valence-corrected chi connectivity index (χ1v) is 10.1. The maximum Gasteiger partial charge on any atom is 0.230 e. The van der Waals surface area contributed by atoms with Crippen LogP contribution >= 0.6 is 23.4 Å². The fraction of sp³-hybridized carbons (Fsp3) is 0.500. The van der Waals surface area contributed by atoms with Gasteiger partial charge in [-0.3, -0.25) is 4.79 Å². The second-order valence-corrected chi connectivity index (χ2v) is 7.64. The van der Waals surface area contributed by atoms with Gasteiger partial charge in [0.15, 0.2) is 5.16 Å². The van der Waals surface area contributed by atoms with Gasteiger partial charge in [0, 0.05) is 24.0 Å². The van der Waals surface area contributed by atoms with Crippen molar-refractivity contribution in [1.29, 1.82) is 0 Å². The Labute approximate surface area is 157 Å². The molecule has 2 aromatic rings. The zero-order chi connectivity index (χ0) is 17.6. The Hall–Kier alpha value is -1.53. The van der Waals surface area contributed by atoms with Gasteiger partial charge in [0.1, 0.15) is 5.82 Å². The third kappa shape index (κ3) is 4.76. The molecule has 1 saturated carbocycles. The highest BCUT2D eigenvalue weighted by Gasteiger charge is 2.24. The number of amides is 1. The Morgan fingerprint density at radius 1 is 1.28 bits per heavy atom. The van der Waals surface area contributed by atoms with Crippen LogP contribution in [0, 0.1) is 0 Å². The SMILES string of the molecule is CCn1c(SCC(=O)NCc2ccc(Cl)cc2)nnc1C1CCCC1. The molecule has 1 amide bonds. The minimum Gasteiger partial charge on any atom is -0.351 e. The van der Waals surface area contributed by atoms with E-state index in [1.54, 1.807) is 0 Å². The smallest absolute Gasteiger partial charge is 0.230 e. The van der Waals surface area contributed by atoms with Gasteiger partial charge in [0.2, 0.25) is 5.91 Å². The van der Waals surface area contributed by atoms with Crippen molar-refractivity contribution in [1.82, 2.24) is 20.1 Å². The molecule has 0 bridgehead atoms. The fourth-order valence-corrected chi connectivity index (χ4v) is 4.14. The number of hydrogen-bond acceptors (Lipinski definition) is 4. The van der Waals surface area contributed by atoms with Gasteiger partial charge in [-0.15, -0.1) is 10.2 Å². The van der Waals surface area contributed by atoms with Crippen molar-refractivity contribution >= 4 is 29.3 Å². The molecule has 0 unspecified atom stereocenters. The van der Waals surface area contributed by atoms with Crippen LogP contribution in [-0.2, 0) is 17.9 Å². The van der Waals surface area contributed by atoms with Gasteiger partial charge in [-0.1, -0.05) is 48.3 Å². The van der Waals surface area contributed by atoms with Gasteiger partial charge in [-0.25, -0.2) is 0 Å². The van der Waals surface area contributed by atoms with Crippen molar-refractivity contribution in [2.75, 3.05) is 5.75 Å². The Morgan fingerprint density at radius 2 is 2.00 bits per heavy atom. The normalized spacial score (nSPS) is 14.8. The van der Waals surface area contributed by atoms with Crippen molar-refractivity contribution in [3.05, 3.63) is 40.7 Å². The van der Waals surface area contributed by atoms with E-state index in [-0.39, 0.29) is 5.91 Å². The third-order valence-corrected chi connectivity index (χ3v) is 5.74. The van der Waals surface area contributed by atoms with Gasteiger partial charge in [0.05, 0.1) is 5.75 Å². The monoisotopic (exact) mass is 378 g/mol. The molecule has 1 aliphatic carbocycles. The number of halogens is 1. The molecule has 1 heterocycles. The standard InChI is InChI=1S/C18H23ClN4OS/c1-2-23-17(14-5-3-4-6-14)21-22-18(23)25-12-16(24)20-11-13-7-9-15(19)10-8-13/h7-10,14H,2-6,11-12H2,1H3,(H,20,24). The van der Waals surface area contributed by atoms with E-state index in [2.05, 4.69) is 27.0 Å². The van der Waals surface area contributed by atoms with Crippen LogP contribution < -0.4 is 5.32 Å². The molecule has 7 heteroatoms. The van der Waals surface area contributed by atoms with Crippen LogP contribution in [0.2, 0.25) is 5.02 Å². The average Bonchev–Trinajstić information content (AvgIpc) is 3.28. The Balaban J connectivity index is 1.52. The summed E-state index contributed by atoms with van der Waals surface area (Å²) in [6, 6.07) is 7.48. The molecule has 0 saturated heterocycles. The van der Waals surface area contributed by atoms with Gasteiger partial charge in [-0.2, -0.15) is 0 Å². The number of aromatic nitrogens is 3. The first kappa shape index (κ1) is 18.3. The summed E-state index contributed by atoms with van der Waals surface area (Å²) in [4.78, 5) is 12.1. The molecule has 0 aliphatic heterocycles. The lowest BCUT2D eigenvalue weighted by Gasteiger charge is -2.11. The third-order valence-electron chi connectivity index (χ3n) is 4.52. The number of hydrogen-bond donors (Lipinski definition) is 1. The van der Waals surface area contributed by atoms with E-state index >= 15 is 0 Å². The van der Waals surface area contributed by atoms with Crippen molar-refractivity contribution in [2.24, 2.45) is 0 Å². The molecule has 1 aliphatic rings. The maximum absolute atomic E-state index is 12.1. The van der Waals surface area contributed by atoms with Crippen LogP contribution in [0.4, 0.5) is 0 Å². The average molecular weight is 379 g/mol. The van der Waals surface area contributed by atoms with Crippen molar-refractivity contribution in [2.45, 2.75) is 56.8 Å². The molecule has 3 rings (SSSR count). The lowest BCUT2D eigenvalue weighted by molar-refractivity contribution is -0.118. The summed E-state index contributed by atoms with van der Waals surface area (Å²) >= 11 is 7.32. The largest absolute Gasteiger partial charge is 0.351 e. The van der Waals surface area contributed by atoms with Gasteiger partial charge >= 0.3 is 0 Å². The molecule has 1 fully saturated rings. The number of carbonyl (C=O) groups is 1. The maximum atomic E-state index is 12.1. The number of carbonyl (C=O) groups excluding carboxylic acids is 1. The zero-order valence-electron chi connectivity index (χ0n) is 14.4. The van der Waals surface area contributed by atoms with Crippen molar-refractivity contribution in [3.8, 4) is 0 Å². The van der Waals surface area contributed by atoms with Crippen LogP contribution in [0.5, 0.6) is 0 Å². The first-order chi connectivity index (χ1) is 12.2. The van der Waals surface area contributed by atoms with E-state index in [0.717, 1.165) is 23.1 Å². The van der Waals surface area contributed by atoms with Gasteiger partial charge in [0.25, 0.3) is 0 Å². The summed E-state index contributed by atoms with van der Waals surface area (Å²) in [5, 5.41) is 13.2. The molecule has 134 valence electrons. The summed E-state index contributed by atoms with van der Waals surface area (Å²) in [6.45, 7) is 3.45. The van der Waals surface area contributed by atoms with E-state index in [1.807, 2.05) is 24.3 Å². The molecule has 1 aromatic heterocycles. The van der Waals surface area contributed by atoms with E-state index in [1.165, 1.54) is 37.4 Å². The predicted octanol–water partition coefficient (Wildman–Crippen LogP) is 4.02. The lowest BCUT2D eigenvalue weighted by atomic mass is 10.1. The van der Waals surface area contributed by atoms with Crippen LogP contribution in [-0.4, -0.2) is 26.4 Å². The highest BCUT2D eigenvalue weighted by Crippen LogP contribution is 2.34. The van der Waals surface area contributed by atoms with E-state index in [4.69, 9.17) is 11.6 Å². The number of benzene rings is 1. The summed E-state index contributed by atoms with van der Waals surface area (Å²) in [7, 11) is 0. The summed E-state index contributed by atoms with van der Waals surface area (Å²) in [6.07, 6.45) is 4.95. The van der Waals surface area contributed by atoms with Crippen molar-refractivity contribution in [3.63, 3.8) is 0 Å². The Morgan fingerprint density at radius 3 is 2.68 bits per heavy atom. The van der Waals surface area contributed by atoms with Gasteiger partial charge in [-0.05, 0) is 37.5 Å². The Bertz CT molecular complexity index is 710. The van der Waals surface area contributed by atoms with E-state index in [9.17, 15) is 4.79 Å². The molecule has 1 N–H and O–H groups in total. The fourth-order valence-electron chi connectivity index (χ4n) is 3.17. The minimum absolute atomic E-state index is 0.00646. The number of nitrogens with one attached hydrogen (secondary N) is 1. The summed E-state index contributed by atoms with van der Waals surface area (Å²) in [5.41, 5.74) is 1.03. The molecule has 0 atom stereocenters. The molecule has 5 nitrogen and oxygen atoms in total. The second kappa shape index (κ2) is 8.72. The first-order valence-electron chi connectivity index (χ1n) is 8.74. The van der Waals surface area contributed by atoms with Crippen LogP contribution in [0.1, 0.15) is 49.9 Å². The number of rotatable bonds is 7. The number of nitrogens with zero attached hydrogens (tertiary/aromatic N) is 3. The molecule has 0 radical (unpaired) electrons. The predicted molar refractivity (Wildman–Crippen MR) is 101 cm³/mol. The van der Waals surface area contributed by atoms with Gasteiger partial charge < -0.3 is 9.88 Å². The quantitative estimate of drug-likeness (QED) is 0.739. The lowest BCUT2D eigenvalue weighted by Crippen LogP contribution is -2.24. The molecular formula is C18H23ClN4OS. The second-order valence-electron chi connectivity index (χ2n) is 6.26. The molecule has 25 heavy (non-hydrogen) atoms. The topological polar surface area (TPSA) is 59.8 Å². The summed E-state index contributed by atoms with van der Waals surface area (Å²) in [5.74, 6) is 1.95. The van der Waals surface area contributed by atoms with E-state index in [0.29, 0.717) is 23.2 Å². The van der Waals surface area contributed by atoms with Crippen LogP contribution in [0.25, 0.3) is 0 Å². The van der Waals surface area contributed by atoms with Crippen molar-refractivity contribution < 1.29 is 4.79 Å². The highest BCUT2D eigenvalue weighted by atomic mass is 35.5. The van der Waals surface area contributed by atoms with Crippen LogP contribution in [0.3, 0.4) is 0 Å². The molecule has 1 aromatic carbocycles. The number of thioether (sulfide) groups is 1. The zero-order valence-corrected chi connectivity index (χ0v) is 15.9. The molecular weight excluding hydrogens is 356 g/mol.